The summed E-state index contributed by atoms with van der Waals surface area (Å²) in [5.74, 6) is 2.29. The van der Waals surface area contributed by atoms with E-state index in [1.54, 1.807) is 0 Å². The highest BCUT2D eigenvalue weighted by molar-refractivity contribution is 5.18. The Bertz CT molecular complexity index is 735. The second kappa shape index (κ2) is 7.94. The van der Waals surface area contributed by atoms with E-state index in [-0.39, 0.29) is 16.9 Å². The van der Waals surface area contributed by atoms with Gasteiger partial charge in [0.2, 0.25) is 0 Å². The summed E-state index contributed by atoms with van der Waals surface area (Å²) < 4.78 is 0. The smallest absolute Gasteiger partial charge is 0.0650 e. The standard InChI is InChI=1S/C30H54O3/c1-25(2,32)15-9-16-30(8,33)21-12-18-28(6)20(21)10-11-23-27(5)17-14-24(31)26(3,4)22(27)13-19-29(23,28)7/h20-24,31-33H,9-19H2,1-8H3/t20-,21-,22?,23+,24-,27-,28-,29+,30-/m0/s1. The first-order valence-corrected chi connectivity index (χ1v) is 14.1. The number of aliphatic hydroxyl groups is 3. The molecule has 0 aromatic carbocycles. The molecule has 1 unspecified atom stereocenters. The van der Waals surface area contributed by atoms with Gasteiger partial charge in [0.25, 0.3) is 0 Å². The average Bonchev–Trinajstić information content (AvgIpc) is 3.03. The molecule has 4 aliphatic rings. The third kappa shape index (κ3) is 3.86. The number of aliphatic hydroxyl groups excluding tert-OH is 1. The Morgan fingerprint density at radius 2 is 1.36 bits per heavy atom. The van der Waals surface area contributed by atoms with E-state index in [0.717, 1.165) is 38.0 Å². The van der Waals surface area contributed by atoms with Crippen LogP contribution >= 0.6 is 0 Å². The fourth-order valence-corrected chi connectivity index (χ4v) is 10.5. The molecule has 3 heteroatoms. The predicted octanol–water partition coefficient (Wildman–Crippen LogP) is 6.72. The molecule has 4 aliphatic carbocycles. The van der Waals surface area contributed by atoms with Gasteiger partial charge >= 0.3 is 0 Å². The van der Waals surface area contributed by atoms with Crippen LogP contribution in [0.15, 0.2) is 0 Å². The van der Waals surface area contributed by atoms with Crippen molar-refractivity contribution in [3.8, 4) is 0 Å². The normalized spacial score (nSPS) is 49.0. The van der Waals surface area contributed by atoms with Crippen molar-refractivity contribution in [2.75, 3.05) is 0 Å². The van der Waals surface area contributed by atoms with Gasteiger partial charge in [-0.15, -0.1) is 0 Å². The first-order chi connectivity index (χ1) is 15.0. The second-order valence-electron chi connectivity index (χ2n) is 15.2. The van der Waals surface area contributed by atoms with Gasteiger partial charge in [-0.05, 0) is 137 Å². The largest absolute Gasteiger partial charge is 0.393 e. The van der Waals surface area contributed by atoms with Crippen molar-refractivity contribution in [2.45, 2.75) is 143 Å². The Kier molecular flexibility index (Phi) is 6.24. The molecule has 4 rings (SSSR count). The van der Waals surface area contributed by atoms with Gasteiger partial charge < -0.3 is 15.3 Å². The van der Waals surface area contributed by atoms with Crippen molar-refractivity contribution >= 4 is 0 Å². The molecule has 3 nitrogen and oxygen atoms in total. The minimum Gasteiger partial charge on any atom is -0.393 e. The Morgan fingerprint density at radius 1 is 0.727 bits per heavy atom. The predicted molar refractivity (Wildman–Crippen MR) is 136 cm³/mol. The van der Waals surface area contributed by atoms with Gasteiger partial charge in [-0.2, -0.15) is 0 Å². The molecule has 0 radical (unpaired) electrons. The summed E-state index contributed by atoms with van der Waals surface area (Å²) in [6, 6.07) is 0. The van der Waals surface area contributed by atoms with Gasteiger partial charge in [0, 0.05) is 0 Å². The molecule has 4 saturated carbocycles. The van der Waals surface area contributed by atoms with Gasteiger partial charge in [-0.25, -0.2) is 0 Å². The Labute approximate surface area is 204 Å². The van der Waals surface area contributed by atoms with Crippen molar-refractivity contribution in [2.24, 2.45) is 45.3 Å². The van der Waals surface area contributed by atoms with Crippen LogP contribution in [0.3, 0.4) is 0 Å². The maximum absolute atomic E-state index is 11.7. The number of fused-ring (bicyclic) bond motifs is 5. The highest BCUT2D eigenvalue weighted by Gasteiger charge is 2.69. The van der Waals surface area contributed by atoms with Crippen LogP contribution in [-0.4, -0.2) is 32.6 Å². The van der Waals surface area contributed by atoms with Crippen molar-refractivity contribution in [3.63, 3.8) is 0 Å². The molecule has 0 aliphatic heterocycles. The van der Waals surface area contributed by atoms with Crippen LogP contribution in [0.2, 0.25) is 0 Å². The van der Waals surface area contributed by atoms with Crippen molar-refractivity contribution in [1.29, 1.82) is 0 Å². The summed E-state index contributed by atoms with van der Waals surface area (Å²) in [6.07, 6.45) is 11.8. The SMILES string of the molecule is CC(C)(O)CCC[C@](C)(O)[C@H]1CC[C@@]2(C)[C@H]1CC[C@@H]1[C@@]3(C)CC[C@H](O)C(C)(C)C3CC[C@]12C. The zero-order valence-corrected chi connectivity index (χ0v) is 23.0. The van der Waals surface area contributed by atoms with Crippen LogP contribution in [0, 0.1) is 45.3 Å². The third-order valence-corrected chi connectivity index (χ3v) is 12.6. The molecule has 3 N–H and O–H groups in total. The Morgan fingerprint density at radius 3 is 2.00 bits per heavy atom. The molecule has 0 saturated heterocycles. The van der Waals surface area contributed by atoms with E-state index >= 15 is 0 Å². The van der Waals surface area contributed by atoms with Crippen molar-refractivity contribution in [3.05, 3.63) is 0 Å². The Balaban J connectivity index is 1.58. The molecule has 0 bridgehead atoms. The fourth-order valence-electron chi connectivity index (χ4n) is 10.5. The van der Waals surface area contributed by atoms with E-state index in [0.29, 0.717) is 28.6 Å². The summed E-state index contributed by atoms with van der Waals surface area (Å²) in [6.45, 7) is 18.3. The quantitative estimate of drug-likeness (QED) is 0.425. The summed E-state index contributed by atoms with van der Waals surface area (Å²) in [5.41, 5.74) is -0.367. The van der Waals surface area contributed by atoms with E-state index < -0.39 is 11.2 Å². The van der Waals surface area contributed by atoms with E-state index in [4.69, 9.17) is 0 Å². The van der Waals surface area contributed by atoms with E-state index in [2.05, 4.69) is 41.5 Å². The molecular weight excluding hydrogens is 408 g/mol. The maximum Gasteiger partial charge on any atom is 0.0650 e. The molecule has 0 heterocycles. The average molecular weight is 463 g/mol. The van der Waals surface area contributed by atoms with Crippen LogP contribution in [-0.2, 0) is 0 Å². The minimum atomic E-state index is -0.652. The second-order valence-corrected chi connectivity index (χ2v) is 15.2. The molecule has 192 valence electrons. The topological polar surface area (TPSA) is 60.7 Å². The van der Waals surface area contributed by atoms with Crippen LogP contribution in [0.5, 0.6) is 0 Å². The van der Waals surface area contributed by atoms with Gasteiger partial charge in [0.15, 0.2) is 0 Å². The highest BCUT2D eigenvalue weighted by atomic mass is 16.3. The van der Waals surface area contributed by atoms with E-state index in [1.807, 2.05) is 13.8 Å². The van der Waals surface area contributed by atoms with Gasteiger partial charge in [-0.1, -0.05) is 34.6 Å². The lowest BCUT2D eigenvalue weighted by Crippen LogP contribution is -2.64. The zero-order chi connectivity index (χ0) is 24.7. The molecule has 0 spiro atoms. The first-order valence-electron chi connectivity index (χ1n) is 14.1. The lowest BCUT2D eigenvalue weighted by atomic mass is 9.35. The fraction of sp³-hybridized carbons (Fsp3) is 1.00. The van der Waals surface area contributed by atoms with Gasteiger partial charge in [-0.3, -0.25) is 0 Å². The number of hydrogen-bond donors (Lipinski definition) is 3. The zero-order valence-electron chi connectivity index (χ0n) is 23.0. The van der Waals surface area contributed by atoms with Crippen LogP contribution < -0.4 is 0 Å². The first kappa shape index (κ1) is 26.0. The molecular formula is C30H54O3. The van der Waals surface area contributed by atoms with Crippen LogP contribution in [0.1, 0.15) is 126 Å². The van der Waals surface area contributed by atoms with Crippen molar-refractivity contribution < 1.29 is 15.3 Å². The summed E-state index contributed by atoms with van der Waals surface area (Å²) in [4.78, 5) is 0. The third-order valence-electron chi connectivity index (χ3n) is 12.6. The molecule has 0 aromatic heterocycles. The van der Waals surface area contributed by atoms with Gasteiger partial charge in [0.05, 0.1) is 17.3 Å². The Hall–Kier alpha value is -0.120. The lowest BCUT2D eigenvalue weighted by molar-refractivity contribution is -0.225. The summed E-state index contributed by atoms with van der Waals surface area (Å²) >= 11 is 0. The molecule has 0 aromatic rings. The van der Waals surface area contributed by atoms with Gasteiger partial charge in [0.1, 0.15) is 0 Å². The number of rotatable bonds is 5. The summed E-state index contributed by atoms with van der Waals surface area (Å²) in [5, 5.41) is 32.7. The lowest BCUT2D eigenvalue weighted by Gasteiger charge is -2.70. The number of hydrogen-bond acceptors (Lipinski definition) is 3. The molecule has 33 heavy (non-hydrogen) atoms. The van der Waals surface area contributed by atoms with Crippen LogP contribution in [0.4, 0.5) is 0 Å². The van der Waals surface area contributed by atoms with E-state index in [1.165, 1.54) is 38.5 Å². The molecule has 4 fully saturated rings. The van der Waals surface area contributed by atoms with E-state index in [9.17, 15) is 15.3 Å². The highest BCUT2D eigenvalue weighted by Crippen LogP contribution is 2.75. The maximum atomic E-state index is 11.7. The summed E-state index contributed by atoms with van der Waals surface area (Å²) in [7, 11) is 0. The molecule has 9 atom stereocenters. The van der Waals surface area contributed by atoms with Crippen LogP contribution in [0.25, 0.3) is 0 Å². The van der Waals surface area contributed by atoms with Crippen molar-refractivity contribution in [1.82, 2.24) is 0 Å². The molecule has 0 amide bonds. The minimum absolute atomic E-state index is 0.00838. The monoisotopic (exact) mass is 462 g/mol.